The predicted octanol–water partition coefficient (Wildman–Crippen LogP) is 2.68. The van der Waals surface area contributed by atoms with E-state index in [2.05, 4.69) is 10.1 Å². The van der Waals surface area contributed by atoms with Crippen molar-refractivity contribution in [2.75, 3.05) is 25.0 Å². The summed E-state index contributed by atoms with van der Waals surface area (Å²) in [5.74, 6) is -0.386. The van der Waals surface area contributed by atoms with Crippen LogP contribution in [0.3, 0.4) is 0 Å². The van der Waals surface area contributed by atoms with Crippen LogP contribution < -0.4 is 5.32 Å². The number of carbonyl (C=O) groups excluding carboxylic acids is 3. The van der Waals surface area contributed by atoms with Crippen molar-refractivity contribution in [3.63, 3.8) is 0 Å². The molecule has 3 rings (SSSR count). The van der Waals surface area contributed by atoms with E-state index in [1.165, 1.54) is 17.0 Å². The SMILES string of the molecule is O=C(Nc1ccc(C(F)(F)F)cc1)N1CCC(N2C(=O)COC2=O)CC1. The van der Waals surface area contributed by atoms with Gasteiger partial charge in [-0.05, 0) is 37.1 Å². The van der Waals surface area contributed by atoms with E-state index in [4.69, 9.17) is 0 Å². The number of hydrogen-bond acceptors (Lipinski definition) is 4. The molecule has 0 unspecified atom stereocenters. The first-order valence-electron chi connectivity index (χ1n) is 7.98. The first-order valence-corrected chi connectivity index (χ1v) is 7.98. The molecular formula is C16H16F3N3O4. The standard InChI is InChI=1S/C16H16F3N3O4/c17-16(18,19)10-1-3-11(4-2-10)20-14(24)21-7-5-12(6-8-21)22-13(23)9-26-15(22)25/h1-4,12H,5-9H2,(H,20,24). The minimum atomic E-state index is -4.43. The lowest BCUT2D eigenvalue weighted by Crippen LogP contribution is -2.49. The maximum absolute atomic E-state index is 12.5. The molecule has 7 nitrogen and oxygen atoms in total. The summed E-state index contributed by atoms with van der Waals surface area (Å²) >= 11 is 0. The zero-order valence-electron chi connectivity index (χ0n) is 13.6. The van der Waals surface area contributed by atoms with Crippen molar-refractivity contribution < 1.29 is 32.3 Å². The summed E-state index contributed by atoms with van der Waals surface area (Å²) in [7, 11) is 0. The molecule has 0 spiro atoms. The summed E-state index contributed by atoms with van der Waals surface area (Å²) in [4.78, 5) is 38.0. The van der Waals surface area contributed by atoms with Gasteiger partial charge in [-0.3, -0.25) is 4.79 Å². The zero-order chi connectivity index (χ0) is 18.9. The highest BCUT2D eigenvalue weighted by Crippen LogP contribution is 2.30. The van der Waals surface area contributed by atoms with Crippen molar-refractivity contribution in [3.05, 3.63) is 29.8 Å². The number of nitrogens with zero attached hydrogens (tertiary/aromatic N) is 2. The monoisotopic (exact) mass is 371 g/mol. The van der Waals surface area contributed by atoms with Crippen molar-refractivity contribution >= 4 is 23.7 Å². The first-order chi connectivity index (χ1) is 12.3. The van der Waals surface area contributed by atoms with Gasteiger partial charge in [-0.2, -0.15) is 13.2 Å². The fourth-order valence-corrected chi connectivity index (χ4v) is 2.99. The molecule has 0 saturated carbocycles. The smallest absolute Gasteiger partial charge is 0.417 e. The average molecular weight is 371 g/mol. The summed E-state index contributed by atoms with van der Waals surface area (Å²) < 4.78 is 42.3. The molecule has 1 N–H and O–H groups in total. The van der Waals surface area contributed by atoms with E-state index in [0.717, 1.165) is 17.0 Å². The Labute approximate surface area is 146 Å². The van der Waals surface area contributed by atoms with Gasteiger partial charge in [0.2, 0.25) is 0 Å². The maximum Gasteiger partial charge on any atom is 0.417 e. The molecule has 2 fully saturated rings. The average Bonchev–Trinajstić information content (AvgIpc) is 2.93. The van der Waals surface area contributed by atoms with Gasteiger partial charge in [0, 0.05) is 24.8 Å². The van der Waals surface area contributed by atoms with Crippen LogP contribution in [-0.4, -0.2) is 53.6 Å². The fourth-order valence-electron chi connectivity index (χ4n) is 2.99. The van der Waals surface area contributed by atoms with E-state index in [1.54, 1.807) is 0 Å². The number of ether oxygens (including phenoxy) is 1. The van der Waals surface area contributed by atoms with Gasteiger partial charge in [0.25, 0.3) is 5.91 Å². The molecule has 2 aliphatic rings. The molecule has 0 bridgehead atoms. The van der Waals surface area contributed by atoms with E-state index in [0.29, 0.717) is 25.9 Å². The van der Waals surface area contributed by atoms with Gasteiger partial charge >= 0.3 is 18.3 Å². The number of cyclic esters (lactones) is 1. The second kappa shape index (κ2) is 6.85. The van der Waals surface area contributed by atoms with E-state index < -0.39 is 23.9 Å². The lowest BCUT2D eigenvalue weighted by Gasteiger charge is -2.34. The highest BCUT2D eigenvalue weighted by atomic mass is 19.4. The Bertz CT molecular complexity index is 696. The predicted molar refractivity (Wildman–Crippen MR) is 83.3 cm³/mol. The molecule has 0 aliphatic carbocycles. The Morgan fingerprint density at radius 3 is 2.23 bits per heavy atom. The number of piperidine rings is 1. The lowest BCUT2D eigenvalue weighted by atomic mass is 10.0. The number of rotatable bonds is 2. The molecule has 4 amide bonds. The van der Waals surface area contributed by atoms with E-state index in [1.807, 2.05) is 0 Å². The number of halogens is 3. The number of imide groups is 1. The molecule has 26 heavy (non-hydrogen) atoms. The van der Waals surface area contributed by atoms with Crippen molar-refractivity contribution in [1.29, 1.82) is 0 Å². The molecule has 1 aromatic carbocycles. The number of urea groups is 1. The highest BCUT2D eigenvalue weighted by Gasteiger charge is 2.39. The summed E-state index contributed by atoms with van der Waals surface area (Å²) in [5.41, 5.74) is -0.540. The molecule has 1 aromatic rings. The van der Waals surface area contributed by atoms with Crippen molar-refractivity contribution in [3.8, 4) is 0 Å². The van der Waals surface area contributed by atoms with E-state index in [-0.39, 0.29) is 24.2 Å². The largest absolute Gasteiger partial charge is 0.439 e. The summed E-state index contributed by atoms with van der Waals surface area (Å²) in [6.07, 6.45) is -4.26. The number of anilines is 1. The number of carbonyl (C=O) groups is 3. The minimum Gasteiger partial charge on any atom is -0.439 e. The summed E-state index contributed by atoms with van der Waals surface area (Å²) in [6.45, 7) is 0.371. The molecule has 0 aromatic heterocycles. The normalized spacial score (nSPS) is 18.9. The second-order valence-electron chi connectivity index (χ2n) is 6.04. The number of hydrogen-bond donors (Lipinski definition) is 1. The number of likely N-dealkylation sites (tertiary alicyclic amines) is 1. The third-order valence-corrected chi connectivity index (χ3v) is 4.36. The third kappa shape index (κ3) is 3.73. The Hall–Kier alpha value is -2.78. The highest BCUT2D eigenvalue weighted by molar-refractivity contribution is 5.98. The molecule has 2 aliphatic heterocycles. The molecular weight excluding hydrogens is 355 g/mol. The lowest BCUT2D eigenvalue weighted by molar-refractivity contribution is -0.137. The number of alkyl halides is 3. The van der Waals surface area contributed by atoms with E-state index >= 15 is 0 Å². The van der Waals surface area contributed by atoms with Crippen LogP contribution in [0.5, 0.6) is 0 Å². The van der Waals surface area contributed by atoms with Crippen molar-refractivity contribution in [2.45, 2.75) is 25.1 Å². The minimum absolute atomic E-state index is 0.253. The topological polar surface area (TPSA) is 79.0 Å². The molecule has 140 valence electrons. The number of nitrogens with one attached hydrogen (secondary N) is 1. The van der Waals surface area contributed by atoms with Crippen LogP contribution in [0.1, 0.15) is 18.4 Å². The van der Waals surface area contributed by atoms with Crippen LogP contribution in [0.4, 0.5) is 28.4 Å². The van der Waals surface area contributed by atoms with Crippen LogP contribution in [0.2, 0.25) is 0 Å². The Kier molecular flexibility index (Phi) is 4.75. The zero-order valence-corrected chi connectivity index (χ0v) is 13.6. The summed E-state index contributed by atoms with van der Waals surface area (Å²) in [5, 5.41) is 2.54. The van der Waals surface area contributed by atoms with E-state index in [9.17, 15) is 27.6 Å². The number of amides is 4. The summed E-state index contributed by atoms with van der Waals surface area (Å²) in [6, 6.07) is 3.41. The quantitative estimate of drug-likeness (QED) is 0.867. The third-order valence-electron chi connectivity index (χ3n) is 4.36. The Morgan fingerprint density at radius 2 is 1.73 bits per heavy atom. The molecule has 2 saturated heterocycles. The molecule has 10 heteroatoms. The van der Waals surface area contributed by atoms with Gasteiger partial charge in [0.15, 0.2) is 6.61 Å². The van der Waals surface area contributed by atoms with Gasteiger partial charge in [0.1, 0.15) is 0 Å². The van der Waals surface area contributed by atoms with Crippen LogP contribution in [-0.2, 0) is 15.7 Å². The van der Waals surface area contributed by atoms with Crippen molar-refractivity contribution in [2.24, 2.45) is 0 Å². The van der Waals surface area contributed by atoms with Crippen LogP contribution >= 0.6 is 0 Å². The van der Waals surface area contributed by atoms with Crippen LogP contribution in [0.15, 0.2) is 24.3 Å². The number of benzene rings is 1. The Balaban J connectivity index is 1.54. The van der Waals surface area contributed by atoms with Gasteiger partial charge in [-0.1, -0.05) is 0 Å². The molecule has 2 heterocycles. The van der Waals surface area contributed by atoms with Crippen molar-refractivity contribution in [1.82, 2.24) is 9.80 Å². The van der Waals surface area contributed by atoms with Crippen LogP contribution in [0, 0.1) is 0 Å². The van der Waals surface area contributed by atoms with Gasteiger partial charge in [0.05, 0.1) is 5.56 Å². The van der Waals surface area contributed by atoms with Crippen LogP contribution in [0.25, 0.3) is 0 Å². The molecule has 0 radical (unpaired) electrons. The van der Waals surface area contributed by atoms with Gasteiger partial charge in [-0.15, -0.1) is 0 Å². The maximum atomic E-state index is 12.5. The Morgan fingerprint density at radius 1 is 1.12 bits per heavy atom. The van der Waals surface area contributed by atoms with Gasteiger partial charge in [-0.25, -0.2) is 14.5 Å². The second-order valence-corrected chi connectivity index (χ2v) is 6.04. The fraction of sp³-hybridized carbons (Fsp3) is 0.438. The molecule has 0 atom stereocenters. The first kappa shape index (κ1) is 18.0. The van der Waals surface area contributed by atoms with Gasteiger partial charge < -0.3 is 15.0 Å².